The van der Waals surface area contributed by atoms with Crippen molar-refractivity contribution in [3.05, 3.63) is 102 Å². The van der Waals surface area contributed by atoms with Crippen LogP contribution in [0.5, 0.6) is 0 Å². The first kappa shape index (κ1) is 19.9. The molecule has 30 heavy (non-hydrogen) atoms. The number of amides is 2. The first-order chi connectivity index (χ1) is 14.7. The number of carbonyl (C=O) groups is 2. The minimum absolute atomic E-state index is 0.0243. The first-order valence-corrected chi connectivity index (χ1v) is 10.2. The van der Waals surface area contributed by atoms with Crippen LogP contribution in [-0.4, -0.2) is 47.8 Å². The number of anilines is 1. The smallest absolute Gasteiger partial charge is 0.255 e. The Bertz CT molecular complexity index is 997. The molecule has 1 aliphatic rings. The van der Waals surface area contributed by atoms with E-state index in [0.717, 1.165) is 25.3 Å². The van der Waals surface area contributed by atoms with Gasteiger partial charge < -0.3 is 10.2 Å². The minimum Gasteiger partial charge on any atom is -0.336 e. The molecule has 152 valence electrons. The van der Waals surface area contributed by atoms with E-state index in [1.54, 1.807) is 24.3 Å². The standard InChI is InChI=1S/C25H25N3O2/c29-24(26-23-12-5-2-6-13-23)21-10-7-11-22(18-21)25(30)28-16-14-27(15-17-28)19-20-8-3-1-4-9-20/h1-13,18H,14-17,19H2,(H,26,29). The Morgan fingerprint density at radius 1 is 0.733 bits per heavy atom. The van der Waals surface area contributed by atoms with Gasteiger partial charge in [0.05, 0.1) is 0 Å². The fourth-order valence-corrected chi connectivity index (χ4v) is 3.65. The molecule has 3 aromatic rings. The summed E-state index contributed by atoms with van der Waals surface area (Å²) in [6, 6.07) is 26.6. The third kappa shape index (κ3) is 4.93. The minimum atomic E-state index is -0.219. The molecule has 1 saturated heterocycles. The quantitative estimate of drug-likeness (QED) is 0.708. The second kappa shape index (κ2) is 9.37. The van der Waals surface area contributed by atoms with Gasteiger partial charge in [-0.2, -0.15) is 0 Å². The van der Waals surface area contributed by atoms with E-state index >= 15 is 0 Å². The van der Waals surface area contributed by atoms with Gasteiger partial charge in [0.1, 0.15) is 0 Å². The van der Waals surface area contributed by atoms with Gasteiger partial charge in [-0.1, -0.05) is 54.6 Å². The second-order valence-corrected chi connectivity index (χ2v) is 7.45. The Kier molecular flexibility index (Phi) is 6.20. The lowest BCUT2D eigenvalue weighted by Gasteiger charge is -2.34. The average Bonchev–Trinajstić information content (AvgIpc) is 2.80. The molecule has 0 aliphatic carbocycles. The van der Waals surface area contributed by atoms with Crippen molar-refractivity contribution in [2.75, 3.05) is 31.5 Å². The number of para-hydroxylation sites is 1. The highest BCUT2D eigenvalue weighted by Gasteiger charge is 2.22. The summed E-state index contributed by atoms with van der Waals surface area (Å²) >= 11 is 0. The van der Waals surface area contributed by atoms with Crippen LogP contribution in [0.1, 0.15) is 26.3 Å². The van der Waals surface area contributed by atoms with E-state index < -0.39 is 0 Å². The van der Waals surface area contributed by atoms with Crippen molar-refractivity contribution in [2.24, 2.45) is 0 Å². The molecule has 0 unspecified atom stereocenters. The van der Waals surface area contributed by atoms with Crippen LogP contribution < -0.4 is 5.32 Å². The largest absolute Gasteiger partial charge is 0.336 e. The zero-order valence-corrected chi connectivity index (χ0v) is 16.8. The molecule has 1 N–H and O–H groups in total. The van der Waals surface area contributed by atoms with Crippen LogP contribution in [0.15, 0.2) is 84.9 Å². The zero-order valence-electron chi connectivity index (χ0n) is 16.8. The van der Waals surface area contributed by atoms with Crippen molar-refractivity contribution in [2.45, 2.75) is 6.54 Å². The van der Waals surface area contributed by atoms with Crippen molar-refractivity contribution < 1.29 is 9.59 Å². The van der Waals surface area contributed by atoms with E-state index in [9.17, 15) is 9.59 Å². The van der Waals surface area contributed by atoms with Crippen molar-refractivity contribution in [1.82, 2.24) is 9.80 Å². The van der Waals surface area contributed by atoms with Gasteiger partial charge in [-0.05, 0) is 35.9 Å². The zero-order chi connectivity index (χ0) is 20.8. The van der Waals surface area contributed by atoms with Crippen molar-refractivity contribution in [3.63, 3.8) is 0 Å². The van der Waals surface area contributed by atoms with Crippen LogP contribution in [0.2, 0.25) is 0 Å². The van der Waals surface area contributed by atoms with E-state index in [-0.39, 0.29) is 11.8 Å². The summed E-state index contributed by atoms with van der Waals surface area (Å²) in [5, 5.41) is 2.86. The highest BCUT2D eigenvalue weighted by molar-refractivity contribution is 6.06. The lowest BCUT2D eigenvalue weighted by atomic mass is 10.1. The van der Waals surface area contributed by atoms with Gasteiger partial charge in [-0.3, -0.25) is 14.5 Å². The molecule has 0 aromatic heterocycles. The van der Waals surface area contributed by atoms with Crippen LogP contribution in [0, 0.1) is 0 Å². The number of carbonyl (C=O) groups excluding carboxylic acids is 2. The summed E-state index contributed by atoms with van der Waals surface area (Å²) in [6.07, 6.45) is 0. The number of benzene rings is 3. The van der Waals surface area contributed by atoms with E-state index in [1.807, 2.05) is 41.3 Å². The molecule has 1 aliphatic heterocycles. The highest BCUT2D eigenvalue weighted by Crippen LogP contribution is 2.14. The van der Waals surface area contributed by atoms with Gasteiger partial charge in [0.25, 0.3) is 11.8 Å². The van der Waals surface area contributed by atoms with E-state index in [0.29, 0.717) is 24.2 Å². The number of piperazine rings is 1. The molecule has 1 heterocycles. The predicted molar refractivity (Wildman–Crippen MR) is 118 cm³/mol. The average molecular weight is 399 g/mol. The molecular formula is C25H25N3O2. The van der Waals surface area contributed by atoms with Crippen molar-refractivity contribution in [3.8, 4) is 0 Å². The number of hydrogen-bond acceptors (Lipinski definition) is 3. The Morgan fingerprint density at radius 3 is 2.07 bits per heavy atom. The lowest BCUT2D eigenvalue weighted by molar-refractivity contribution is 0.0628. The highest BCUT2D eigenvalue weighted by atomic mass is 16.2. The summed E-state index contributed by atoms with van der Waals surface area (Å²) in [5.74, 6) is -0.243. The summed E-state index contributed by atoms with van der Waals surface area (Å²) in [7, 11) is 0. The molecule has 0 spiro atoms. The van der Waals surface area contributed by atoms with Gasteiger partial charge in [-0.25, -0.2) is 0 Å². The van der Waals surface area contributed by atoms with E-state index in [1.165, 1.54) is 5.56 Å². The Balaban J connectivity index is 1.36. The monoisotopic (exact) mass is 399 g/mol. The maximum atomic E-state index is 13.0. The van der Waals surface area contributed by atoms with Gasteiger partial charge in [0, 0.05) is 49.5 Å². The van der Waals surface area contributed by atoms with Gasteiger partial charge >= 0.3 is 0 Å². The third-order valence-corrected chi connectivity index (χ3v) is 5.31. The third-order valence-electron chi connectivity index (χ3n) is 5.31. The molecule has 5 heteroatoms. The molecule has 0 atom stereocenters. The maximum Gasteiger partial charge on any atom is 0.255 e. The molecule has 2 amide bonds. The Labute approximate surface area is 176 Å². The fraction of sp³-hybridized carbons (Fsp3) is 0.200. The van der Waals surface area contributed by atoms with Crippen LogP contribution >= 0.6 is 0 Å². The predicted octanol–water partition coefficient (Wildman–Crippen LogP) is 3.90. The topological polar surface area (TPSA) is 52.7 Å². The molecule has 1 fully saturated rings. The van der Waals surface area contributed by atoms with Crippen molar-refractivity contribution in [1.29, 1.82) is 0 Å². The molecule has 0 radical (unpaired) electrons. The SMILES string of the molecule is O=C(Nc1ccccc1)c1cccc(C(=O)N2CCN(Cc3ccccc3)CC2)c1. The van der Waals surface area contributed by atoms with Gasteiger partial charge in [-0.15, -0.1) is 0 Å². The summed E-state index contributed by atoms with van der Waals surface area (Å²) in [5.41, 5.74) is 3.04. The van der Waals surface area contributed by atoms with Crippen molar-refractivity contribution >= 4 is 17.5 Å². The number of nitrogens with one attached hydrogen (secondary N) is 1. The maximum absolute atomic E-state index is 13.0. The number of rotatable bonds is 5. The van der Waals surface area contributed by atoms with E-state index in [4.69, 9.17) is 0 Å². The molecule has 3 aromatic carbocycles. The second-order valence-electron chi connectivity index (χ2n) is 7.45. The van der Waals surface area contributed by atoms with Crippen LogP contribution in [0.4, 0.5) is 5.69 Å². The van der Waals surface area contributed by atoms with Crippen LogP contribution in [-0.2, 0) is 6.54 Å². The first-order valence-electron chi connectivity index (χ1n) is 10.2. The molecule has 0 saturated carbocycles. The van der Waals surface area contributed by atoms with Gasteiger partial charge in [0.15, 0.2) is 0 Å². The number of hydrogen-bond donors (Lipinski definition) is 1. The van der Waals surface area contributed by atoms with Crippen LogP contribution in [0.25, 0.3) is 0 Å². The van der Waals surface area contributed by atoms with Gasteiger partial charge in [0.2, 0.25) is 0 Å². The Morgan fingerprint density at radius 2 is 1.37 bits per heavy atom. The molecule has 4 rings (SSSR count). The van der Waals surface area contributed by atoms with Crippen LogP contribution in [0.3, 0.4) is 0 Å². The summed E-state index contributed by atoms with van der Waals surface area (Å²) in [4.78, 5) is 29.7. The van der Waals surface area contributed by atoms with E-state index in [2.05, 4.69) is 34.5 Å². The fourth-order valence-electron chi connectivity index (χ4n) is 3.65. The summed E-state index contributed by atoms with van der Waals surface area (Å²) < 4.78 is 0. The lowest BCUT2D eigenvalue weighted by Crippen LogP contribution is -2.48. The summed E-state index contributed by atoms with van der Waals surface area (Å²) in [6.45, 7) is 3.96. The normalized spacial score (nSPS) is 14.3. The Hall–Kier alpha value is -3.44. The number of nitrogens with zero attached hydrogens (tertiary/aromatic N) is 2. The molecule has 5 nitrogen and oxygen atoms in total. The molecular weight excluding hydrogens is 374 g/mol. The molecule has 0 bridgehead atoms.